The SMILES string of the molecule is Cc1ccc(OC2CCCCC2O)c(C=O)c1. The second kappa shape index (κ2) is 5.32. The van der Waals surface area contributed by atoms with Gasteiger partial charge in [-0.3, -0.25) is 4.79 Å². The van der Waals surface area contributed by atoms with Crippen LogP contribution in [0.15, 0.2) is 18.2 Å². The van der Waals surface area contributed by atoms with E-state index < -0.39 is 6.10 Å². The van der Waals surface area contributed by atoms with Crippen molar-refractivity contribution in [3.63, 3.8) is 0 Å². The molecule has 0 radical (unpaired) electrons. The Balaban J connectivity index is 2.14. The van der Waals surface area contributed by atoms with Crippen molar-refractivity contribution < 1.29 is 14.6 Å². The van der Waals surface area contributed by atoms with Crippen molar-refractivity contribution in [3.05, 3.63) is 29.3 Å². The van der Waals surface area contributed by atoms with Crippen LogP contribution in [0.5, 0.6) is 5.75 Å². The van der Waals surface area contributed by atoms with Crippen LogP contribution in [-0.4, -0.2) is 23.6 Å². The predicted octanol–water partition coefficient (Wildman–Crippen LogP) is 2.49. The van der Waals surface area contributed by atoms with E-state index in [0.29, 0.717) is 11.3 Å². The average Bonchev–Trinajstić information content (AvgIpc) is 2.34. The molecular formula is C14H18O3. The molecule has 0 amide bonds. The first kappa shape index (κ1) is 12.1. The van der Waals surface area contributed by atoms with Gasteiger partial charge in [-0.25, -0.2) is 0 Å². The normalized spacial score (nSPS) is 24.4. The molecule has 1 aromatic carbocycles. The summed E-state index contributed by atoms with van der Waals surface area (Å²) in [6.07, 6.45) is 3.98. The number of aldehydes is 1. The van der Waals surface area contributed by atoms with Gasteiger partial charge in [0.1, 0.15) is 11.9 Å². The maximum absolute atomic E-state index is 11.0. The Morgan fingerprint density at radius 2 is 2.12 bits per heavy atom. The van der Waals surface area contributed by atoms with E-state index in [4.69, 9.17) is 4.74 Å². The van der Waals surface area contributed by atoms with Gasteiger partial charge in [0, 0.05) is 0 Å². The molecule has 1 aliphatic rings. The minimum Gasteiger partial charge on any atom is -0.487 e. The highest BCUT2D eigenvalue weighted by Crippen LogP contribution is 2.26. The fourth-order valence-electron chi connectivity index (χ4n) is 2.25. The third-order valence-corrected chi connectivity index (χ3v) is 3.24. The number of rotatable bonds is 3. The van der Waals surface area contributed by atoms with Crippen LogP contribution in [0.1, 0.15) is 41.6 Å². The lowest BCUT2D eigenvalue weighted by Gasteiger charge is -2.28. The number of carbonyl (C=O) groups is 1. The van der Waals surface area contributed by atoms with Gasteiger partial charge in [0.05, 0.1) is 11.7 Å². The van der Waals surface area contributed by atoms with Gasteiger partial charge in [-0.15, -0.1) is 0 Å². The van der Waals surface area contributed by atoms with E-state index in [1.807, 2.05) is 13.0 Å². The Labute approximate surface area is 101 Å². The predicted molar refractivity (Wildman–Crippen MR) is 65.5 cm³/mol. The molecule has 1 saturated carbocycles. The molecule has 1 N–H and O–H groups in total. The summed E-state index contributed by atoms with van der Waals surface area (Å²) < 4.78 is 5.76. The van der Waals surface area contributed by atoms with Crippen LogP contribution in [0.25, 0.3) is 0 Å². The quantitative estimate of drug-likeness (QED) is 0.817. The lowest BCUT2D eigenvalue weighted by molar-refractivity contribution is 0.00657. The van der Waals surface area contributed by atoms with Crippen LogP contribution >= 0.6 is 0 Å². The van der Waals surface area contributed by atoms with E-state index >= 15 is 0 Å². The van der Waals surface area contributed by atoms with Gasteiger partial charge in [-0.2, -0.15) is 0 Å². The van der Waals surface area contributed by atoms with Crippen molar-refractivity contribution in [2.24, 2.45) is 0 Å². The minimum atomic E-state index is -0.412. The molecule has 3 heteroatoms. The average molecular weight is 234 g/mol. The maximum Gasteiger partial charge on any atom is 0.153 e. The summed E-state index contributed by atoms with van der Waals surface area (Å²) in [7, 11) is 0. The van der Waals surface area contributed by atoms with Gasteiger partial charge < -0.3 is 9.84 Å². The van der Waals surface area contributed by atoms with Gasteiger partial charge in [0.2, 0.25) is 0 Å². The first-order valence-corrected chi connectivity index (χ1v) is 6.11. The van der Waals surface area contributed by atoms with E-state index in [0.717, 1.165) is 37.5 Å². The van der Waals surface area contributed by atoms with Crippen molar-refractivity contribution >= 4 is 6.29 Å². The molecule has 17 heavy (non-hydrogen) atoms. The fourth-order valence-corrected chi connectivity index (χ4v) is 2.25. The van der Waals surface area contributed by atoms with Crippen LogP contribution in [0.2, 0.25) is 0 Å². The van der Waals surface area contributed by atoms with Crippen molar-refractivity contribution in [3.8, 4) is 5.75 Å². The standard InChI is InChI=1S/C14H18O3/c1-10-6-7-13(11(8-10)9-15)17-14-5-3-2-4-12(14)16/h6-9,12,14,16H,2-5H2,1H3. The first-order chi connectivity index (χ1) is 8.20. The lowest BCUT2D eigenvalue weighted by atomic mass is 9.95. The Hall–Kier alpha value is -1.35. The molecule has 2 rings (SSSR count). The number of aliphatic hydroxyl groups excluding tert-OH is 1. The van der Waals surface area contributed by atoms with Gasteiger partial charge in [0.15, 0.2) is 6.29 Å². The van der Waals surface area contributed by atoms with Crippen molar-refractivity contribution in [1.29, 1.82) is 0 Å². The Kier molecular flexibility index (Phi) is 3.79. The molecule has 0 aromatic heterocycles. The van der Waals surface area contributed by atoms with E-state index in [9.17, 15) is 9.90 Å². The van der Waals surface area contributed by atoms with Gasteiger partial charge in [-0.1, -0.05) is 18.1 Å². The summed E-state index contributed by atoms with van der Waals surface area (Å²) in [4.78, 5) is 11.0. The summed E-state index contributed by atoms with van der Waals surface area (Å²) in [5.74, 6) is 0.580. The van der Waals surface area contributed by atoms with Crippen LogP contribution < -0.4 is 4.74 Å². The molecular weight excluding hydrogens is 216 g/mol. The number of benzene rings is 1. The number of hydrogen-bond donors (Lipinski definition) is 1. The highest BCUT2D eigenvalue weighted by atomic mass is 16.5. The molecule has 1 aliphatic carbocycles. The van der Waals surface area contributed by atoms with Crippen molar-refractivity contribution in [2.45, 2.75) is 44.8 Å². The van der Waals surface area contributed by atoms with E-state index in [1.54, 1.807) is 12.1 Å². The summed E-state index contributed by atoms with van der Waals surface area (Å²) in [6.45, 7) is 1.94. The minimum absolute atomic E-state index is 0.176. The van der Waals surface area contributed by atoms with Gasteiger partial charge >= 0.3 is 0 Å². The third kappa shape index (κ3) is 2.86. The molecule has 92 valence electrons. The maximum atomic E-state index is 11.0. The van der Waals surface area contributed by atoms with Gasteiger partial charge in [-0.05, 0) is 38.3 Å². The second-order valence-corrected chi connectivity index (χ2v) is 4.67. The Bertz CT molecular complexity index is 400. The summed E-state index contributed by atoms with van der Waals surface area (Å²) >= 11 is 0. The highest BCUT2D eigenvalue weighted by molar-refractivity contribution is 5.79. The number of aryl methyl sites for hydroxylation is 1. The molecule has 0 bridgehead atoms. The zero-order chi connectivity index (χ0) is 12.3. The molecule has 0 saturated heterocycles. The first-order valence-electron chi connectivity index (χ1n) is 6.11. The molecule has 1 aromatic rings. The number of ether oxygens (including phenoxy) is 1. The summed E-state index contributed by atoms with van der Waals surface area (Å²) in [5.41, 5.74) is 1.59. The fraction of sp³-hybridized carbons (Fsp3) is 0.500. The summed E-state index contributed by atoms with van der Waals surface area (Å²) in [5, 5.41) is 9.84. The van der Waals surface area contributed by atoms with Crippen LogP contribution in [0.3, 0.4) is 0 Å². The second-order valence-electron chi connectivity index (χ2n) is 4.67. The number of hydrogen-bond acceptors (Lipinski definition) is 3. The lowest BCUT2D eigenvalue weighted by Crippen LogP contribution is -2.34. The smallest absolute Gasteiger partial charge is 0.153 e. The topological polar surface area (TPSA) is 46.5 Å². The monoisotopic (exact) mass is 234 g/mol. The molecule has 3 nitrogen and oxygen atoms in total. The number of aliphatic hydroxyl groups is 1. The Morgan fingerprint density at radius 1 is 1.35 bits per heavy atom. The van der Waals surface area contributed by atoms with Crippen LogP contribution in [-0.2, 0) is 0 Å². The zero-order valence-corrected chi connectivity index (χ0v) is 10.1. The molecule has 2 atom stereocenters. The third-order valence-electron chi connectivity index (χ3n) is 3.24. The van der Waals surface area contributed by atoms with Crippen molar-refractivity contribution in [2.75, 3.05) is 0 Å². The molecule has 0 heterocycles. The van der Waals surface area contributed by atoms with E-state index in [1.165, 1.54) is 0 Å². The highest BCUT2D eigenvalue weighted by Gasteiger charge is 2.25. The van der Waals surface area contributed by atoms with Crippen molar-refractivity contribution in [1.82, 2.24) is 0 Å². The molecule has 2 unspecified atom stereocenters. The number of carbonyl (C=O) groups excluding carboxylic acids is 1. The molecule has 0 aliphatic heterocycles. The van der Waals surface area contributed by atoms with E-state index in [-0.39, 0.29) is 6.10 Å². The molecule has 0 spiro atoms. The van der Waals surface area contributed by atoms with E-state index in [2.05, 4.69) is 0 Å². The van der Waals surface area contributed by atoms with Crippen LogP contribution in [0, 0.1) is 6.92 Å². The van der Waals surface area contributed by atoms with Crippen LogP contribution in [0.4, 0.5) is 0 Å². The Morgan fingerprint density at radius 3 is 2.82 bits per heavy atom. The van der Waals surface area contributed by atoms with Gasteiger partial charge in [0.25, 0.3) is 0 Å². The molecule has 1 fully saturated rings. The zero-order valence-electron chi connectivity index (χ0n) is 10.1. The summed E-state index contributed by atoms with van der Waals surface area (Å²) in [6, 6.07) is 5.52. The largest absolute Gasteiger partial charge is 0.487 e.